The van der Waals surface area contributed by atoms with E-state index in [1.54, 1.807) is 24.3 Å². The highest BCUT2D eigenvalue weighted by Gasteiger charge is 2.45. The van der Waals surface area contributed by atoms with Gasteiger partial charge in [-0.1, -0.05) is 37.2 Å². The molecule has 0 unspecified atom stereocenters. The van der Waals surface area contributed by atoms with Crippen LogP contribution in [0.2, 0.25) is 0 Å². The molecule has 21 heavy (non-hydrogen) atoms. The molecule has 1 heterocycles. The minimum Gasteiger partial charge on any atom is -0.389 e. The van der Waals surface area contributed by atoms with Gasteiger partial charge < -0.3 is 5.73 Å². The maximum absolute atomic E-state index is 12.6. The number of imide groups is 1. The van der Waals surface area contributed by atoms with Gasteiger partial charge in [-0.05, 0) is 30.4 Å². The van der Waals surface area contributed by atoms with Gasteiger partial charge in [0.2, 0.25) is 11.8 Å². The molecule has 1 aliphatic heterocycles. The lowest BCUT2D eigenvalue weighted by molar-refractivity contribution is -0.133. The molecule has 1 aromatic rings. The third kappa shape index (κ3) is 2.46. The Kier molecular flexibility index (Phi) is 3.53. The largest absolute Gasteiger partial charge is 0.389 e. The summed E-state index contributed by atoms with van der Waals surface area (Å²) in [4.78, 5) is 26.6. The van der Waals surface area contributed by atoms with Crippen molar-refractivity contribution < 1.29 is 9.59 Å². The fraction of sp³-hybridized carbons (Fsp3) is 0.438. The van der Waals surface area contributed by atoms with E-state index in [1.807, 2.05) is 0 Å². The molecule has 0 atom stereocenters. The minimum absolute atomic E-state index is 0.0944. The smallest absolute Gasteiger partial charge is 0.234 e. The number of para-hydroxylation sites is 1. The van der Waals surface area contributed by atoms with Crippen LogP contribution in [0.1, 0.15) is 44.1 Å². The van der Waals surface area contributed by atoms with E-state index in [4.69, 9.17) is 18.0 Å². The summed E-state index contributed by atoms with van der Waals surface area (Å²) in [6.07, 6.45) is 5.09. The van der Waals surface area contributed by atoms with Crippen LogP contribution < -0.4 is 10.6 Å². The average molecular weight is 302 g/mol. The highest BCUT2D eigenvalue weighted by atomic mass is 32.1. The lowest BCUT2D eigenvalue weighted by Crippen LogP contribution is -2.48. The molecule has 5 heteroatoms. The molecule has 1 saturated carbocycles. The molecule has 0 aromatic heterocycles. The molecule has 110 valence electrons. The average Bonchev–Trinajstić information content (AvgIpc) is 2.86. The number of thiocarbonyl (C=S) groups is 1. The van der Waals surface area contributed by atoms with Gasteiger partial charge in [-0.2, -0.15) is 0 Å². The summed E-state index contributed by atoms with van der Waals surface area (Å²) < 4.78 is 0. The number of piperidine rings is 1. The Bertz CT molecular complexity index is 600. The number of amides is 2. The summed E-state index contributed by atoms with van der Waals surface area (Å²) in [5, 5.41) is 0. The summed E-state index contributed by atoms with van der Waals surface area (Å²) >= 11 is 5.03. The second kappa shape index (κ2) is 5.22. The van der Waals surface area contributed by atoms with Crippen LogP contribution in [0.5, 0.6) is 0 Å². The van der Waals surface area contributed by atoms with E-state index < -0.39 is 0 Å². The van der Waals surface area contributed by atoms with E-state index in [0.717, 1.165) is 25.7 Å². The Hall–Kier alpha value is -1.75. The zero-order valence-corrected chi connectivity index (χ0v) is 12.6. The number of carbonyl (C=O) groups is 2. The molecule has 3 rings (SSSR count). The molecular weight excluding hydrogens is 284 g/mol. The van der Waals surface area contributed by atoms with E-state index in [1.165, 1.54) is 4.90 Å². The zero-order chi connectivity index (χ0) is 15.0. The predicted octanol–water partition coefficient (Wildman–Crippen LogP) is 2.53. The van der Waals surface area contributed by atoms with Crippen molar-refractivity contribution in [3.8, 4) is 0 Å². The topological polar surface area (TPSA) is 63.4 Å². The van der Waals surface area contributed by atoms with Gasteiger partial charge in [-0.3, -0.25) is 9.59 Å². The van der Waals surface area contributed by atoms with Crippen molar-refractivity contribution in [1.82, 2.24) is 0 Å². The highest BCUT2D eigenvalue weighted by Crippen LogP contribution is 2.47. The van der Waals surface area contributed by atoms with Crippen LogP contribution in [0.15, 0.2) is 24.3 Å². The standard InChI is InChI=1S/C16H18N2O2S/c17-15(21)11-5-1-2-6-12(11)18-13(19)9-16(10-14(18)20)7-3-4-8-16/h1-2,5-6H,3-4,7-10H2,(H2,17,21). The predicted molar refractivity (Wildman–Crippen MR) is 85.0 cm³/mol. The van der Waals surface area contributed by atoms with Gasteiger partial charge in [0.25, 0.3) is 0 Å². The van der Waals surface area contributed by atoms with Gasteiger partial charge in [-0.15, -0.1) is 0 Å². The third-order valence-corrected chi connectivity index (χ3v) is 4.85. The molecule has 2 aliphatic rings. The molecule has 1 aromatic carbocycles. The number of nitrogens with two attached hydrogens (primary N) is 1. The number of carbonyl (C=O) groups excluding carboxylic acids is 2. The van der Waals surface area contributed by atoms with Crippen molar-refractivity contribution in [2.75, 3.05) is 4.90 Å². The Morgan fingerprint density at radius 2 is 1.67 bits per heavy atom. The van der Waals surface area contributed by atoms with Crippen LogP contribution in [0.4, 0.5) is 5.69 Å². The summed E-state index contributed by atoms with van der Waals surface area (Å²) in [5.74, 6) is -0.256. The molecule has 4 nitrogen and oxygen atoms in total. The van der Waals surface area contributed by atoms with Gasteiger partial charge in [-0.25, -0.2) is 4.90 Å². The third-order valence-electron chi connectivity index (χ3n) is 4.63. The summed E-state index contributed by atoms with van der Waals surface area (Å²) in [7, 11) is 0. The molecule has 0 radical (unpaired) electrons. The van der Waals surface area contributed by atoms with E-state index >= 15 is 0 Å². The fourth-order valence-corrected chi connectivity index (χ4v) is 3.80. The number of hydrogen-bond donors (Lipinski definition) is 1. The maximum atomic E-state index is 12.6. The molecule has 2 amide bonds. The Labute approximate surface area is 129 Å². The SMILES string of the molecule is NC(=S)c1ccccc1N1C(=O)CC2(CCCC2)CC1=O. The Balaban J connectivity index is 1.95. The Morgan fingerprint density at radius 3 is 2.24 bits per heavy atom. The highest BCUT2D eigenvalue weighted by molar-refractivity contribution is 7.80. The quantitative estimate of drug-likeness (QED) is 0.673. The first-order chi connectivity index (χ1) is 10.0. The first-order valence-corrected chi connectivity index (χ1v) is 7.68. The van der Waals surface area contributed by atoms with Crippen molar-refractivity contribution in [1.29, 1.82) is 0 Å². The molecule has 1 aliphatic carbocycles. The molecule has 2 fully saturated rings. The normalized spacial score (nSPS) is 21.0. The van der Waals surface area contributed by atoms with Gasteiger partial charge in [0.15, 0.2) is 0 Å². The molecule has 1 saturated heterocycles. The molecular formula is C16H18N2O2S. The maximum Gasteiger partial charge on any atom is 0.234 e. The number of benzene rings is 1. The lowest BCUT2D eigenvalue weighted by atomic mass is 9.76. The molecule has 0 bridgehead atoms. The van der Waals surface area contributed by atoms with Crippen LogP contribution in [-0.4, -0.2) is 16.8 Å². The van der Waals surface area contributed by atoms with E-state index in [9.17, 15) is 9.59 Å². The lowest BCUT2D eigenvalue weighted by Gasteiger charge is -2.37. The van der Waals surface area contributed by atoms with E-state index in [0.29, 0.717) is 24.1 Å². The van der Waals surface area contributed by atoms with Gasteiger partial charge in [0.1, 0.15) is 4.99 Å². The van der Waals surface area contributed by atoms with Gasteiger partial charge >= 0.3 is 0 Å². The van der Waals surface area contributed by atoms with Crippen LogP contribution in [0.3, 0.4) is 0 Å². The molecule has 1 spiro atoms. The number of anilines is 1. The minimum atomic E-state index is -0.128. The monoisotopic (exact) mass is 302 g/mol. The van der Waals surface area contributed by atoms with Crippen LogP contribution in [0.25, 0.3) is 0 Å². The van der Waals surface area contributed by atoms with Crippen molar-refractivity contribution in [3.63, 3.8) is 0 Å². The van der Waals surface area contributed by atoms with Crippen LogP contribution in [-0.2, 0) is 9.59 Å². The second-order valence-electron chi connectivity index (χ2n) is 6.06. The summed E-state index contributed by atoms with van der Waals surface area (Å²) in [6, 6.07) is 7.07. The summed E-state index contributed by atoms with van der Waals surface area (Å²) in [5.41, 5.74) is 6.72. The van der Waals surface area contributed by atoms with Crippen LogP contribution >= 0.6 is 12.2 Å². The van der Waals surface area contributed by atoms with Gasteiger partial charge in [0, 0.05) is 18.4 Å². The number of hydrogen-bond acceptors (Lipinski definition) is 3. The number of nitrogens with zero attached hydrogens (tertiary/aromatic N) is 1. The first-order valence-electron chi connectivity index (χ1n) is 7.27. The first kappa shape index (κ1) is 14.2. The van der Waals surface area contributed by atoms with Crippen molar-refractivity contribution in [2.24, 2.45) is 11.1 Å². The van der Waals surface area contributed by atoms with Crippen molar-refractivity contribution in [2.45, 2.75) is 38.5 Å². The van der Waals surface area contributed by atoms with Crippen molar-refractivity contribution >= 4 is 34.7 Å². The van der Waals surface area contributed by atoms with Crippen LogP contribution in [0, 0.1) is 5.41 Å². The second-order valence-corrected chi connectivity index (χ2v) is 6.50. The summed E-state index contributed by atoms with van der Waals surface area (Å²) in [6.45, 7) is 0. The van der Waals surface area contributed by atoms with Crippen molar-refractivity contribution in [3.05, 3.63) is 29.8 Å². The van der Waals surface area contributed by atoms with E-state index in [-0.39, 0.29) is 22.2 Å². The fourth-order valence-electron chi connectivity index (χ4n) is 3.63. The Morgan fingerprint density at radius 1 is 1.10 bits per heavy atom. The molecule has 2 N–H and O–H groups in total. The zero-order valence-electron chi connectivity index (χ0n) is 11.8. The van der Waals surface area contributed by atoms with E-state index in [2.05, 4.69) is 0 Å². The number of rotatable bonds is 2. The van der Waals surface area contributed by atoms with Gasteiger partial charge in [0.05, 0.1) is 5.69 Å².